The fourth-order valence-corrected chi connectivity index (χ4v) is 0.463. The summed E-state index contributed by atoms with van der Waals surface area (Å²) in [7, 11) is 0. The monoisotopic (exact) mass is 103 g/mol. The highest BCUT2D eigenvalue weighted by atomic mass is 35.5. The van der Waals surface area contributed by atoms with Crippen molar-refractivity contribution in [3.63, 3.8) is 0 Å². The molecule has 0 bridgehead atoms. The van der Waals surface area contributed by atoms with Crippen LogP contribution in [0.15, 0.2) is 4.99 Å². The second kappa shape index (κ2) is 1.61. The van der Waals surface area contributed by atoms with E-state index in [2.05, 4.69) is 4.99 Å². The number of halogens is 1. The SMILES string of the molecule is ClC=NC1CC1. The minimum atomic E-state index is 0.586. The van der Waals surface area contributed by atoms with Crippen LogP contribution in [-0.2, 0) is 0 Å². The van der Waals surface area contributed by atoms with Crippen molar-refractivity contribution >= 4 is 17.3 Å². The number of hydrogen-bond acceptors (Lipinski definition) is 1. The van der Waals surface area contributed by atoms with Gasteiger partial charge < -0.3 is 0 Å². The third-order valence-corrected chi connectivity index (χ3v) is 0.927. The summed E-state index contributed by atoms with van der Waals surface area (Å²) in [5, 5.41) is 0. The quantitative estimate of drug-likeness (QED) is 0.445. The lowest BCUT2D eigenvalue weighted by molar-refractivity contribution is 1.08. The Morgan fingerprint density at radius 1 is 1.67 bits per heavy atom. The van der Waals surface area contributed by atoms with Crippen molar-refractivity contribution in [2.75, 3.05) is 0 Å². The highest BCUT2D eigenvalue weighted by Crippen LogP contribution is 2.22. The van der Waals surface area contributed by atoms with Crippen molar-refractivity contribution in [1.82, 2.24) is 0 Å². The van der Waals surface area contributed by atoms with Crippen LogP contribution in [0.1, 0.15) is 12.8 Å². The van der Waals surface area contributed by atoms with Gasteiger partial charge in [0.1, 0.15) is 0 Å². The van der Waals surface area contributed by atoms with E-state index in [4.69, 9.17) is 11.6 Å². The minimum absolute atomic E-state index is 0.586. The van der Waals surface area contributed by atoms with E-state index >= 15 is 0 Å². The Balaban J connectivity index is 2.15. The van der Waals surface area contributed by atoms with Gasteiger partial charge in [0.05, 0.1) is 11.7 Å². The van der Waals surface area contributed by atoms with Gasteiger partial charge >= 0.3 is 0 Å². The maximum absolute atomic E-state index is 5.14. The van der Waals surface area contributed by atoms with Crippen molar-refractivity contribution in [2.24, 2.45) is 4.99 Å². The molecule has 0 radical (unpaired) electrons. The van der Waals surface area contributed by atoms with Crippen LogP contribution in [0.25, 0.3) is 0 Å². The first-order valence-corrected chi connectivity index (χ1v) is 2.49. The van der Waals surface area contributed by atoms with Gasteiger partial charge in [0.25, 0.3) is 0 Å². The Kier molecular flexibility index (Phi) is 1.10. The predicted molar refractivity (Wildman–Crippen MR) is 27.4 cm³/mol. The fourth-order valence-electron chi connectivity index (χ4n) is 0.303. The van der Waals surface area contributed by atoms with Gasteiger partial charge in [-0.1, -0.05) is 11.6 Å². The molecule has 1 aliphatic rings. The third kappa shape index (κ3) is 0.977. The predicted octanol–water partition coefficient (Wildman–Crippen LogP) is 1.42. The van der Waals surface area contributed by atoms with Crippen LogP contribution in [0.3, 0.4) is 0 Å². The first-order valence-electron chi connectivity index (χ1n) is 2.05. The summed E-state index contributed by atoms with van der Waals surface area (Å²) >= 11 is 5.14. The number of aliphatic imine (C=N–C) groups is 1. The Morgan fingerprint density at radius 3 is 2.50 bits per heavy atom. The molecular formula is C4H6ClN. The second-order valence-corrected chi connectivity index (χ2v) is 1.67. The van der Waals surface area contributed by atoms with Crippen LogP contribution in [0, 0.1) is 0 Å². The van der Waals surface area contributed by atoms with Gasteiger partial charge in [-0.05, 0) is 12.8 Å². The first kappa shape index (κ1) is 4.13. The molecule has 6 heavy (non-hydrogen) atoms. The summed E-state index contributed by atoms with van der Waals surface area (Å²) in [5.74, 6) is 0. The van der Waals surface area contributed by atoms with Gasteiger partial charge in [-0.2, -0.15) is 0 Å². The number of rotatable bonds is 1. The Hall–Kier alpha value is -0.0400. The summed E-state index contributed by atoms with van der Waals surface area (Å²) in [4.78, 5) is 3.88. The molecule has 1 fully saturated rings. The van der Waals surface area contributed by atoms with E-state index in [1.165, 1.54) is 18.5 Å². The van der Waals surface area contributed by atoms with Gasteiger partial charge in [0.2, 0.25) is 0 Å². The van der Waals surface area contributed by atoms with Crippen molar-refractivity contribution in [2.45, 2.75) is 18.9 Å². The zero-order valence-corrected chi connectivity index (χ0v) is 4.15. The summed E-state index contributed by atoms with van der Waals surface area (Å²) in [5.41, 5.74) is 1.36. The Bertz CT molecular complexity index is 65.9. The first-order chi connectivity index (χ1) is 2.93. The average molecular weight is 104 g/mol. The highest BCUT2D eigenvalue weighted by molar-refractivity contribution is 6.56. The Labute approximate surface area is 42.0 Å². The molecule has 1 rings (SSSR count). The highest BCUT2D eigenvalue weighted by Gasteiger charge is 2.18. The number of hydrogen-bond donors (Lipinski definition) is 0. The largest absolute Gasteiger partial charge is 0.278 e. The molecule has 0 spiro atoms. The topological polar surface area (TPSA) is 12.4 Å². The lowest BCUT2D eigenvalue weighted by Crippen LogP contribution is -1.67. The summed E-state index contributed by atoms with van der Waals surface area (Å²) < 4.78 is 0. The van der Waals surface area contributed by atoms with Crippen molar-refractivity contribution in [3.05, 3.63) is 0 Å². The normalized spacial score (nSPS) is 22.8. The maximum atomic E-state index is 5.14. The van der Waals surface area contributed by atoms with Crippen LogP contribution in [0.5, 0.6) is 0 Å². The van der Waals surface area contributed by atoms with Gasteiger partial charge in [0.15, 0.2) is 0 Å². The van der Waals surface area contributed by atoms with E-state index in [1.807, 2.05) is 0 Å². The maximum Gasteiger partial charge on any atom is 0.0874 e. The van der Waals surface area contributed by atoms with Crippen LogP contribution < -0.4 is 0 Å². The van der Waals surface area contributed by atoms with Crippen molar-refractivity contribution < 1.29 is 0 Å². The molecule has 0 aliphatic heterocycles. The van der Waals surface area contributed by atoms with Gasteiger partial charge in [-0.25, -0.2) is 0 Å². The molecule has 0 aromatic rings. The molecule has 0 atom stereocenters. The Morgan fingerprint density at radius 2 is 2.33 bits per heavy atom. The molecule has 0 saturated heterocycles. The van der Waals surface area contributed by atoms with Crippen LogP contribution >= 0.6 is 11.6 Å². The molecule has 0 heterocycles. The minimum Gasteiger partial charge on any atom is -0.278 e. The zero-order chi connectivity index (χ0) is 4.41. The second-order valence-electron chi connectivity index (χ2n) is 1.48. The zero-order valence-electron chi connectivity index (χ0n) is 3.39. The summed E-state index contributed by atoms with van der Waals surface area (Å²) in [6.07, 6.45) is 2.48. The van der Waals surface area contributed by atoms with Gasteiger partial charge in [-0.3, -0.25) is 4.99 Å². The molecule has 1 nitrogen and oxygen atoms in total. The van der Waals surface area contributed by atoms with Crippen molar-refractivity contribution in [3.8, 4) is 0 Å². The van der Waals surface area contributed by atoms with Crippen molar-refractivity contribution in [1.29, 1.82) is 0 Å². The van der Waals surface area contributed by atoms with Crippen LogP contribution in [0.4, 0.5) is 0 Å². The molecule has 0 amide bonds. The van der Waals surface area contributed by atoms with Gasteiger partial charge in [0, 0.05) is 0 Å². The standard InChI is InChI=1S/C4H6ClN/c5-3-6-4-1-2-4/h3-4H,1-2H2. The lowest BCUT2D eigenvalue weighted by Gasteiger charge is -1.70. The molecular weight excluding hydrogens is 97.5 g/mol. The molecule has 0 aromatic carbocycles. The van der Waals surface area contributed by atoms with E-state index in [-0.39, 0.29) is 0 Å². The van der Waals surface area contributed by atoms with E-state index in [0.717, 1.165) is 0 Å². The van der Waals surface area contributed by atoms with Crippen LogP contribution in [-0.4, -0.2) is 11.7 Å². The molecule has 2 heteroatoms. The molecule has 1 saturated carbocycles. The third-order valence-electron chi connectivity index (χ3n) is 0.814. The van der Waals surface area contributed by atoms with E-state index in [0.29, 0.717) is 6.04 Å². The molecule has 34 valence electrons. The lowest BCUT2D eigenvalue weighted by atomic mass is 10.8. The molecule has 0 N–H and O–H groups in total. The van der Waals surface area contributed by atoms with E-state index < -0.39 is 0 Å². The van der Waals surface area contributed by atoms with E-state index in [9.17, 15) is 0 Å². The smallest absolute Gasteiger partial charge is 0.0874 e. The average Bonchev–Trinajstić information content (AvgIpc) is 2.21. The fraction of sp³-hybridized carbons (Fsp3) is 0.750. The summed E-state index contributed by atoms with van der Waals surface area (Å²) in [6.45, 7) is 0. The van der Waals surface area contributed by atoms with E-state index in [1.54, 1.807) is 0 Å². The van der Waals surface area contributed by atoms with Gasteiger partial charge in [-0.15, -0.1) is 0 Å². The molecule has 0 aromatic heterocycles. The summed E-state index contributed by atoms with van der Waals surface area (Å²) in [6, 6.07) is 0.586. The van der Waals surface area contributed by atoms with Crippen LogP contribution in [0.2, 0.25) is 0 Å². The number of nitrogens with zero attached hydrogens (tertiary/aromatic N) is 1. The molecule has 0 unspecified atom stereocenters. The molecule has 1 aliphatic carbocycles.